The molecule has 0 aromatic heterocycles. The normalized spacial score (nSPS) is 13.0. The maximum Gasteiger partial charge on any atom is 0.141 e. The van der Waals surface area contributed by atoms with Crippen LogP contribution in [0.3, 0.4) is 0 Å². The molecule has 3 heteroatoms. The molecule has 0 fully saturated rings. The van der Waals surface area contributed by atoms with Crippen LogP contribution in [0.15, 0.2) is 86.3 Å². The van der Waals surface area contributed by atoms with Crippen LogP contribution in [0, 0.1) is 0 Å². The molecule has 0 unspecified atom stereocenters. The topological polar surface area (TPSA) is 9.23 Å². The Bertz CT molecular complexity index is 881. The molecule has 4 rings (SSSR count). The second kappa shape index (κ2) is 6.58. The highest BCUT2D eigenvalue weighted by Crippen LogP contribution is 2.48. The Morgan fingerprint density at radius 1 is 0.667 bits per heavy atom. The summed E-state index contributed by atoms with van der Waals surface area (Å²) in [5, 5.41) is 0. The first kappa shape index (κ1) is 15.7. The molecule has 0 saturated heterocycles. The van der Waals surface area contributed by atoms with Crippen molar-refractivity contribution in [3.63, 3.8) is 0 Å². The minimum Gasteiger partial charge on any atom is -0.455 e. The number of hydrogen-bond donors (Lipinski definition) is 0. The third-order valence-corrected chi connectivity index (χ3v) is 6.37. The predicted molar refractivity (Wildman–Crippen MR) is 102 cm³/mol. The standard InChI is InChI=1S/C21H18OS2/c1-14(2)15-11-12-17-21(13-15)24-20-10-6-5-9-19(20)23-18-8-4-3-7-16(18)22-17/h3-14H,1-2H3. The van der Waals surface area contributed by atoms with Gasteiger partial charge in [-0.25, -0.2) is 0 Å². The van der Waals surface area contributed by atoms with Crippen molar-refractivity contribution in [3.8, 4) is 11.5 Å². The van der Waals surface area contributed by atoms with E-state index in [1.807, 2.05) is 12.1 Å². The van der Waals surface area contributed by atoms with Gasteiger partial charge in [-0.2, -0.15) is 0 Å². The van der Waals surface area contributed by atoms with E-state index in [0.717, 1.165) is 16.4 Å². The third kappa shape index (κ3) is 3.06. The van der Waals surface area contributed by atoms with Crippen LogP contribution in [-0.2, 0) is 0 Å². The number of para-hydroxylation sites is 1. The van der Waals surface area contributed by atoms with Crippen LogP contribution >= 0.6 is 23.5 Å². The molecule has 0 spiro atoms. The van der Waals surface area contributed by atoms with Crippen molar-refractivity contribution < 1.29 is 4.74 Å². The maximum atomic E-state index is 6.29. The average Bonchev–Trinajstić information content (AvgIpc) is 2.65. The first-order valence-electron chi connectivity index (χ1n) is 8.06. The summed E-state index contributed by atoms with van der Waals surface area (Å²) in [5.74, 6) is 2.34. The summed E-state index contributed by atoms with van der Waals surface area (Å²) in [4.78, 5) is 4.85. The van der Waals surface area contributed by atoms with Gasteiger partial charge in [0.15, 0.2) is 0 Å². The average molecular weight is 351 g/mol. The van der Waals surface area contributed by atoms with Gasteiger partial charge in [0.25, 0.3) is 0 Å². The van der Waals surface area contributed by atoms with Gasteiger partial charge in [0.1, 0.15) is 11.5 Å². The minimum absolute atomic E-state index is 0.500. The van der Waals surface area contributed by atoms with Crippen LogP contribution in [0.2, 0.25) is 0 Å². The summed E-state index contributed by atoms with van der Waals surface area (Å²) >= 11 is 3.55. The van der Waals surface area contributed by atoms with Crippen LogP contribution in [0.4, 0.5) is 0 Å². The van der Waals surface area contributed by atoms with E-state index in [1.165, 1.54) is 20.2 Å². The van der Waals surface area contributed by atoms with Crippen LogP contribution < -0.4 is 4.74 Å². The molecule has 0 saturated carbocycles. The van der Waals surface area contributed by atoms with Gasteiger partial charge < -0.3 is 4.74 Å². The Morgan fingerprint density at radius 3 is 1.96 bits per heavy atom. The Hall–Kier alpha value is -1.84. The Kier molecular flexibility index (Phi) is 4.30. The predicted octanol–water partition coefficient (Wildman–Crippen LogP) is 7.22. The smallest absolute Gasteiger partial charge is 0.141 e. The van der Waals surface area contributed by atoms with Crippen LogP contribution in [0.25, 0.3) is 0 Å². The Morgan fingerprint density at radius 2 is 1.25 bits per heavy atom. The summed E-state index contributed by atoms with van der Waals surface area (Å²) in [6.45, 7) is 4.45. The highest BCUT2D eigenvalue weighted by Gasteiger charge is 2.17. The molecule has 120 valence electrons. The summed E-state index contributed by atoms with van der Waals surface area (Å²) in [6.07, 6.45) is 0. The van der Waals surface area contributed by atoms with Gasteiger partial charge >= 0.3 is 0 Å². The van der Waals surface area contributed by atoms with Crippen molar-refractivity contribution in [2.45, 2.75) is 39.3 Å². The molecule has 1 heterocycles. The third-order valence-electron chi connectivity index (χ3n) is 3.99. The number of fused-ring (bicyclic) bond motifs is 3. The zero-order valence-electron chi connectivity index (χ0n) is 13.7. The zero-order valence-corrected chi connectivity index (χ0v) is 15.3. The van der Waals surface area contributed by atoms with E-state index in [4.69, 9.17) is 4.74 Å². The number of ether oxygens (including phenoxy) is 1. The molecule has 1 aliphatic heterocycles. The fraction of sp³-hybridized carbons (Fsp3) is 0.143. The molecule has 0 atom stereocenters. The fourth-order valence-electron chi connectivity index (χ4n) is 2.64. The largest absolute Gasteiger partial charge is 0.455 e. The van der Waals surface area contributed by atoms with Gasteiger partial charge in [0, 0.05) is 9.79 Å². The molecule has 1 aliphatic rings. The lowest BCUT2D eigenvalue weighted by molar-refractivity contribution is 0.460. The van der Waals surface area contributed by atoms with E-state index in [0.29, 0.717) is 5.92 Å². The molecule has 24 heavy (non-hydrogen) atoms. The lowest BCUT2D eigenvalue weighted by atomic mass is 10.0. The van der Waals surface area contributed by atoms with Gasteiger partial charge in [-0.1, -0.05) is 67.7 Å². The number of rotatable bonds is 1. The van der Waals surface area contributed by atoms with Crippen LogP contribution in [0.1, 0.15) is 25.3 Å². The maximum absolute atomic E-state index is 6.29. The van der Waals surface area contributed by atoms with E-state index in [1.54, 1.807) is 23.5 Å². The molecule has 3 aromatic carbocycles. The van der Waals surface area contributed by atoms with Crippen molar-refractivity contribution in [1.82, 2.24) is 0 Å². The first-order chi connectivity index (χ1) is 11.7. The molecular weight excluding hydrogens is 332 g/mol. The fourth-order valence-corrected chi connectivity index (χ4v) is 4.76. The van der Waals surface area contributed by atoms with E-state index in [2.05, 4.69) is 68.4 Å². The lowest BCUT2D eigenvalue weighted by Gasteiger charge is -2.14. The summed E-state index contributed by atoms with van der Waals surface area (Å²) in [6, 6.07) is 23.4. The second-order valence-electron chi connectivity index (χ2n) is 6.06. The first-order valence-corrected chi connectivity index (χ1v) is 9.69. The van der Waals surface area contributed by atoms with Gasteiger partial charge in [-0.15, -0.1) is 0 Å². The second-order valence-corrected chi connectivity index (χ2v) is 8.23. The quantitative estimate of drug-likeness (QED) is 0.359. The molecule has 0 aliphatic carbocycles. The molecular formula is C21H18OS2. The number of benzene rings is 3. The van der Waals surface area contributed by atoms with E-state index < -0.39 is 0 Å². The van der Waals surface area contributed by atoms with Gasteiger partial charge in [-0.05, 0) is 47.9 Å². The van der Waals surface area contributed by atoms with E-state index in [-0.39, 0.29) is 0 Å². The van der Waals surface area contributed by atoms with Crippen molar-refractivity contribution in [2.24, 2.45) is 0 Å². The van der Waals surface area contributed by atoms with Crippen molar-refractivity contribution in [3.05, 3.63) is 72.3 Å². The lowest BCUT2D eigenvalue weighted by Crippen LogP contribution is -1.92. The zero-order chi connectivity index (χ0) is 16.5. The van der Waals surface area contributed by atoms with Crippen molar-refractivity contribution >= 4 is 23.5 Å². The van der Waals surface area contributed by atoms with Gasteiger partial charge in [-0.3, -0.25) is 0 Å². The van der Waals surface area contributed by atoms with Crippen molar-refractivity contribution in [2.75, 3.05) is 0 Å². The SMILES string of the molecule is CC(C)c1ccc2c(c1)Sc1ccccc1Sc1ccccc1O2. The molecule has 0 amide bonds. The highest BCUT2D eigenvalue weighted by atomic mass is 32.2. The van der Waals surface area contributed by atoms with E-state index in [9.17, 15) is 0 Å². The molecule has 0 bridgehead atoms. The van der Waals surface area contributed by atoms with Crippen LogP contribution in [0.5, 0.6) is 11.5 Å². The summed E-state index contributed by atoms with van der Waals surface area (Å²) in [7, 11) is 0. The minimum atomic E-state index is 0.500. The Labute approximate surface area is 151 Å². The highest BCUT2D eigenvalue weighted by molar-refractivity contribution is 8.02. The van der Waals surface area contributed by atoms with Crippen molar-refractivity contribution in [1.29, 1.82) is 0 Å². The van der Waals surface area contributed by atoms with E-state index >= 15 is 0 Å². The van der Waals surface area contributed by atoms with Gasteiger partial charge in [0.05, 0.1) is 9.79 Å². The van der Waals surface area contributed by atoms with Crippen LogP contribution in [-0.4, -0.2) is 0 Å². The monoisotopic (exact) mass is 350 g/mol. The Balaban J connectivity index is 1.91. The molecule has 3 aromatic rings. The molecule has 0 radical (unpaired) electrons. The summed E-state index contributed by atoms with van der Waals surface area (Å²) < 4.78 is 6.29. The molecule has 1 nitrogen and oxygen atoms in total. The molecule has 0 N–H and O–H groups in total. The summed E-state index contributed by atoms with van der Waals surface area (Å²) in [5.41, 5.74) is 1.34. The van der Waals surface area contributed by atoms with Gasteiger partial charge in [0.2, 0.25) is 0 Å². The number of hydrogen-bond acceptors (Lipinski definition) is 3.